The number of esters is 1. The molecule has 2 rings (SSSR count). The SMILES string of the molecule is C=CCN(c1ccc(F)cc1)S(=O)(=O)c1cc(C(=O)OCC(=O)NC(C)(C)C)ccc1Cl. The van der Waals surface area contributed by atoms with Gasteiger partial charge in [0.25, 0.3) is 15.9 Å². The molecule has 0 aliphatic carbocycles. The van der Waals surface area contributed by atoms with Crippen molar-refractivity contribution in [2.75, 3.05) is 17.5 Å². The van der Waals surface area contributed by atoms with Gasteiger partial charge in [-0.25, -0.2) is 17.6 Å². The minimum Gasteiger partial charge on any atom is -0.452 e. The van der Waals surface area contributed by atoms with Gasteiger partial charge in [0.2, 0.25) is 0 Å². The van der Waals surface area contributed by atoms with Crippen LogP contribution in [0.5, 0.6) is 0 Å². The summed E-state index contributed by atoms with van der Waals surface area (Å²) in [6.07, 6.45) is 1.36. The lowest BCUT2D eigenvalue weighted by molar-refractivity contribution is -0.125. The molecule has 0 saturated heterocycles. The molecule has 10 heteroatoms. The molecular weight excluding hydrogens is 459 g/mol. The van der Waals surface area contributed by atoms with Crippen LogP contribution in [0.1, 0.15) is 31.1 Å². The number of nitrogens with one attached hydrogen (secondary N) is 1. The molecule has 172 valence electrons. The molecule has 1 amide bonds. The maximum Gasteiger partial charge on any atom is 0.338 e. The number of benzene rings is 2. The molecule has 0 aromatic heterocycles. The van der Waals surface area contributed by atoms with Crippen LogP contribution in [0.2, 0.25) is 5.02 Å². The third kappa shape index (κ3) is 6.54. The van der Waals surface area contributed by atoms with Gasteiger partial charge in [0.1, 0.15) is 10.7 Å². The van der Waals surface area contributed by atoms with Gasteiger partial charge in [0, 0.05) is 5.54 Å². The van der Waals surface area contributed by atoms with Gasteiger partial charge >= 0.3 is 5.97 Å². The molecule has 0 spiro atoms. The van der Waals surface area contributed by atoms with Gasteiger partial charge in [-0.2, -0.15) is 0 Å². The van der Waals surface area contributed by atoms with E-state index in [1.807, 2.05) is 0 Å². The Bertz CT molecular complexity index is 1110. The highest BCUT2D eigenvalue weighted by molar-refractivity contribution is 7.93. The summed E-state index contributed by atoms with van der Waals surface area (Å²) in [6.45, 7) is 8.24. The van der Waals surface area contributed by atoms with Gasteiger partial charge in [-0.15, -0.1) is 6.58 Å². The first-order valence-corrected chi connectivity index (χ1v) is 11.3. The van der Waals surface area contributed by atoms with Gasteiger partial charge < -0.3 is 10.1 Å². The van der Waals surface area contributed by atoms with Crippen LogP contribution in [-0.4, -0.2) is 39.0 Å². The monoisotopic (exact) mass is 482 g/mol. The molecule has 2 aromatic carbocycles. The van der Waals surface area contributed by atoms with Crippen molar-refractivity contribution in [3.63, 3.8) is 0 Å². The Kier molecular flexibility index (Phi) is 8.03. The third-order valence-corrected chi connectivity index (χ3v) is 6.27. The number of hydrogen-bond donors (Lipinski definition) is 1. The van der Waals surface area contributed by atoms with Gasteiger partial charge in [-0.1, -0.05) is 17.7 Å². The number of carbonyl (C=O) groups is 2. The van der Waals surface area contributed by atoms with Crippen molar-refractivity contribution in [2.24, 2.45) is 0 Å². The zero-order valence-corrected chi connectivity index (χ0v) is 19.5. The van der Waals surface area contributed by atoms with E-state index in [1.54, 1.807) is 20.8 Å². The number of sulfonamides is 1. The molecule has 0 aliphatic heterocycles. The third-order valence-electron chi connectivity index (χ3n) is 3.99. The maximum atomic E-state index is 13.3. The van der Waals surface area contributed by atoms with Crippen LogP contribution < -0.4 is 9.62 Å². The molecule has 7 nitrogen and oxygen atoms in total. The average Bonchev–Trinajstić information content (AvgIpc) is 2.70. The number of hydrogen-bond acceptors (Lipinski definition) is 5. The molecule has 0 heterocycles. The van der Waals surface area contributed by atoms with E-state index in [0.717, 1.165) is 22.5 Å². The Labute approximate surface area is 191 Å². The van der Waals surface area contributed by atoms with E-state index in [-0.39, 0.29) is 27.7 Å². The predicted molar refractivity (Wildman–Crippen MR) is 121 cm³/mol. The summed E-state index contributed by atoms with van der Waals surface area (Å²) >= 11 is 6.13. The van der Waals surface area contributed by atoms with Crippen molar-refractivity contribution in [3.8, 4) is 0 Å². The Morgan fingerprint density at radius 3 is 2.38 bits per heavy atom. The van der Waals surface area contributed by atoms with Gasteiger partial charge in [0.15, 0.2) is 6.61 Å². The molecule has 0 atom stereocenters. The van der Waals surface area contributed by atoms with Crippen molar-refractivity contribution in [1.82, 2.24) is 5.32 Å². The Morgan fingerprint density at radius 1 is 1.19 bits per heavy atom. The van der Waals surface area contributed by atoms with Crippen LogP contribution >= 0.6 is 11.6 Å². The second-order valence-electron chi connectivity index (χ2n) is 7.82. The van der Waals surface area contributed by atoms with E-state index in [4.69, 9.17) is 16.3 Å². The normalized spacial score (nSPS) is 11.5. The van der Waals surface area contributed by atoms with E-state index >= 15 is 0 Å². The van der Waals surface area contributed by atoms with Crippen LogP contribution in [-0.2, 0) is 19.6 Å². The zero-order chi connectivity index (χ0) is 24.1. The van der Waals surface area contributed by atoms with Crippen LogP contribution in [0, 0.1) is 5.82 Å². The highest BCUT2D eigenvalue weighted by Gasteiger charge is 2.28. The number of amides is 1. The first kappa shape index (κ1) is 25.4. The predicted octanol–water partition coefficient (Wildman–Crippen LogP) is 3.93. The first-order valence-electron chi connectivity index (χ1n) is 9.52. The maximum absolute atomic E-state index is 13.3. The second-order valence-corrected chi connectivity index (χ2v) is 10.1. The quantitative estimate of drug-likeness (QED) is 0.454. The largest absolute Gasteiger partial charge is 0.452 e. The molecule has 32 heavy (non-hydrogen) atoms. The van der Waals surface area contributed by atoms with Crippen molar-refractivity contribution in [2.45, 2.75) is 31.2 Å². The van der Waals surface area contributed by atoms with E-state index in [0.29, 0.717) is 0 Å². The average molecular weight is 483 g/mol. The summed E-state index contributed by atoms with van der Waals surface area (Å²) in [6, 6.07) is 8.46. The van der Waals surface area contributed by atoms with Crippen LogP contribution in [0.25, 0.3) is 0 Å². The molecule has 2 aromatic rings. The topological polar surface area (TPSA) is 92.8 Å². The Balaban J connectivity index is 2.33. The smallest absolute Gasteiger partial charge is 0.338 e. The summed E-state index contributed by atoms with van der Waals surface area (Å²) in [4.78, 5) is 23.9. The van der Waals surface area contributed by atoms with Crippen LogP contribution in [0.15, 0.2) is 60.0 Å². The number of anilines is 1. The van der Waals surface area contributed by atoms with Crippen molar-refractivity contribution < 1.29 is 27.1 Å². The van der Waals surface area contributed by atoms with Crippen molar-refractivity contribution >= 4 is 39.2 Å². The molecule has 0 aliphatic rings. The minimum atomic E-state index is -4.25. The molecule has 0 bridgehead atoms. The van der Waals surface area contributed by atoms with Gasteiger partial charge in [-0.05, 0) is 63.2 Å². The highest BCUT2D eigenvalue weighted by Crippen LogP contribution is 2.29. The van der Waals surface area contributed by atoms with Gasteiger partial charge in [0.05, 0.1) is 22.8 Å². The molecule has 0 radical (unpaired) electrons. The van der Waals surface area contributed by atoms with Crippen LogP contribution in [0.4, 0.5) is 10.1 Å². The van der Waals surface area contributed by atoms with E-state index in [9.17, 15) is 22.4 Å². The number of halogens is 2. The van der Waals surface area contributed by atoms with Crippen molar-refractivity contribution in [3.05, 3.63) is 71.5 Å². The standard InChI is InChI=1S/C22H24ClFN2O5S/c1-5-12-26(17-9-7-16(24)8-10-17)32(29,30)19-13-15(6-11-18(19)23)21(28)31-14-20(27)25-22(2,3)4/h5-11,13H,1,12,14H2,2-4H3,(H,25,27). The molecule has 0 fully saturated rings. The molecular formula is C22H24ClFN2O5S. The summed E-state index contributed by atoms with van der Waals surface area (Å²) in [5.74, 6) is -1.91. The van der Waals surface area contributed by atoms with E-state index < -0.39 is 39.9 Å². The second kappa shape index (κ2) is 10.1. The minimum absolute atomic E-state index is 0.103. The van der Waals surface area contributed by atoms with E-state index in [1.165, 1.54) is 30.3 Å². The van der Waals surface area contributed by atoms with Crippen LogP contribution in [0.3, 0.4) is 0 Å². The fraction of sp³-hybridized carbons (Fsp3) is 0.273. The fourth-order valence-corrected chi connectivity index (χ4v) is 4.62. The molecule has 1 N–H and O–H groups in total. The number of carbonyl (C=O) groups excluding carboxylic acids is 2. The summed E-state index contributed by atoms with van der Waals surface area (Å²) in [5, 5.41) is 2.52. The number of nitrogens with zero attached hydrogens (tertiary/aromatic N) is 1. The van der Waals surface area contributed by atoms with Crippen molar-refractivity contribution in [1.29, 1.82) is 0 Å². The summed E-state index contributed by atoms with van der Waals surface area (Å²) in [5.41, 5.74) is -0.414. The summed E-state index contributed by atoms with van der Waals surface area (Å²) < 4.78 is 45.9. The number of rotatable bonds is 8. The summed E-state index contributed by atoms with van der Waals surface area (Å²) in [7, 11) is -4.25. The lowest BCUT2D eigenvalue weighted by Crippen LogP contribution is -2.42. The Morgan fingerprint density at radius 2 is 1.81 bits per heavy atom. The highest BCUT2D eigenvalue weighted by atomic mass is 35.5. The lowest BCUT2D eigenvalue weighted by atomic mass is 10.1. The number of ether oxygens (including phenoxy) is 1. The Hall–Kier alpha value is -2.91. The lowest BCUT2D eigenvalue weighted by Gasteiger charge is -2.24. The molecule has 0 unspecified atom stereocenters. The zero-order valence-electron chi connectivity index (χ0n) is 17.9. The van der Waals surface area contributed by atoms with Gasteiger partial charge in [-0.3, -0.25) is 9.10 Å². The first-order chi connectivity index (χ1) is 14.8. The van der Waals surface area contributed by atoms with E-state index in [2.05, 4.69) is 11.9 Å². The molecule has 0 saturated carbocycles. The fourth-order valence-electron chi connectivity index (χ4n) is 2.68.